The van der Waals surface area contributed by atoms with E-state index in [9.17, 15) is 13.2 Å². The number of amides is 1. The van der Waals surface area contributed by atoms with Crippen LogP contribution in [0.5, 0.6) is 0 Å². The van der Waals surface area contributed by atoms with Gasteiger partial charge < -0.3 is 5.32 Å². The third kappa shape index (κ3) is 6.54. The quantitative estimate of drug-likeness (QED) is 0.550. The van der Waals surface area contributed by atoms with Crippen LogP contribution in [0.2, 0.25) is 0 Å². The minimum atomic E-state index is -3.74. The third-order valence-electron chi connectivity index (χ3n) is 4.95. The molecule has 1 atom stereocenters. The van der Waals surface area contributed by atoms with Crippen LogP contribution >= 0.6 is 0 Å². The second-order valence-corrected chi connectivity index (χ2v) is 8.84. The molecular formula is C24H26N2O3S. The molecule has 0 aliphatic carbocycles. The average Bonchev–Trinajstić information content (AvgIpc) is 2.74. The van der Waals surface area contributed by atoms with Crippen LogP contribution in [0.4, 0.5) is 0 Å². The maximum atomic E-state index is 12.7. The summed E-state index contributed by atoms with van der Waals surface area (Å²) in [5.74, 6) is -0.105. The molecule has 6 heteroatoms. The molecule has 3 aromatic carbocycles. The van der Waals surface area contributed by atoms with Crippen LogP contribution in [-0.2, 0) is 27.7 Å². The van der Waals surface area contributed by atoms with Crippen molar-refractivity contribution in [2.75, 3.05) is 0 Å². The lowest BCUT2D eigenvalue weighted by molar-refractivity contribution is -0.121. The second kappa shape index (κ2) is 10.2. The lowest BCUT2D eigenvalue weighted by atomic mass is 9.98. The molecule has 0 saturated carbocycles. The molecule has 0 radical (unpaired) electrons. The van der Waals surface area contributed by atoms with E-state index in [1.54, 1.807) is 12.1 Å². The van der Waals surface area contributed by atoms with Crippen molar-refractivity contribution < 1.29 is 13.2 Å². The summed E-state index contributed by atoms with van der Waals surface area (Å²) in [6.45, 7) is 0. The fourth-order valence-corrected chi connectivity index (χ4v) is 3.91. The zero-order valence-corrected chi connectivity index (χ0v) is 17.5. The van der Waals surface area contributed by atoms with Crippen LogP contribution in [0.3, 0.4) is 0 Å². The summed E-state index contributed by atoms with van der Waals surface area (Å²) in [5.41, 5.74) is 3.09. The number of primary sulfonamides is 1. The summed E-state index contributed by atoms with van der Waals surface area (Å²) in [4.78, 5) is 12.7. The molecule has 0 spiro atoms. The molecule has 156 valence electrons. The molecule has 0 bridgehead atoms. The van der Waals surface area contributed by atoms with Crippen molar-refractivity contribution in [1.29, 1.82) is 0 Å². The first-order valence-corrected chi connectivity index (χ1v) is 11.5. The number of carbonyl (C=O) groups excluding carboxylic acids is 1. The van der Waals surface area contributed by atoms with Crippen LogP contribution in [0.25, 0.3) is 0 Å². The van der Waals surface area contributed by atoms with Crippen LogP contribution in [0, 0.1) is 0 Å². The summed E-state index contributed by atoms with van der Waals surface area (Å²) in [5, 5.41) is 8.25. The minimum Gasteiger partial charge on any atom is -0.349 e. The highest BCUT2D eigenvalue weighted by molar-refractivity contribution is 7.89. The molecule has 3 aromatic rings. The van der Waals surface area contributed by atoms with Crippen molar-refractivity contribution in [2.45, 2.75) is 36.6 Å². The molecule has 0 heterocycles. The number of aryl methyl sites for hydroxylation is 1. The smallest absolute Gasteiger partial charge is 0.238 e. The Bertz CT molecular complexity index is 1050. The number of rotatable bonds is 9. The van der Waals surface area contributed by atoms with Crippen molar-refractivity contribution in [3.63, 3.8) is 0 Å². The number of carbonyl (C=O) groups is 1. The van der Waals surface area contributed by atoms with Gasteiger partial charge in [-0.25, -0.2) is 13.6 Å². The summed E-state index contributed by atoms with van der Waals surface area (Å²) in [6, 6.07) is 26.2. The number of nitrogens with one attached hydrogen (secondary N) is 1. The Morgan fingerprint density at radius 1 is 0.833 bits per heavy atom. The number of sulfonamides is 1. The Morgan fingerprint density at radius 2 is 1.43 bits per heavy atom. The van der Waals surface area contributed by atoms with Gasteiger partial charge in [0.15, 0.2) is 0 Å². The van der Waals surface area contributed by atoms with Crippen LogP contribution in [0.15, 0.2) is 89.8 Å². The number of hydrogen-bond donors (Lipinski definition) is 2. The lowest BCUT2D eigenvalue weighted by Gasteiger charge is -2.19. The first-order chi connectivity index (χ1) is 14.4. The SMILES string of the molecule is NS(=O)(=O)c1ccc(CC(=O)NC(CCCc2ccccc2)c2ccccc2)cc1. The van der Waals surface area contributed by atoms with Gasteiger partial charge in [-0.1, -0.05) is 72.8 Å². The third-order valence-corrected chi connectivity index (χ3v) is 5.88. The Morgan fingerprint density at radius 3 is 2.03 bits per heavy atom. The molecule has 1 amide bonds. The molecule has 3 rings (SSSR count). The van der Waals surface area contributed by atoms with Crippen LogP contribution < -0.4 is 10.5 Å². The predicted octanol–water partition coefficient (Wildman–Crippen LogP) is 3.76. The first-order valence-electron chi connectivity index (χ1n) is 9.92. The molecule has 0 saturated heterocycles. The van der Waals surface area contributed by atoms with Gasteiger partial charge in [0.25, 0.3) is 0 Å². The second-order valence-electron chi connectivity index (χ2n) is 7.27. The van der Waals surface area contributed by atoms with Crippen molar-refractivity contribution >= 4 is 15.9 Å². The van der Waals surface area contributed by atoms with Crippen LogP contribution in [0.1, 0.15) is 35.6 Å². The molecule has 0 aliphatic rings. The molecule has 0 aliphatic heterocycles. The fraction of sp³-hybridized carbons (Fsp3) is 0.208. The zero-order chi connectivity index (χ0) is 21.4. The topological polar surface area (TPSA) is 89.3 Å². The van der Waals surface area contributed by atoms with Crippen molar-refractivity contribution in [2.24, 2.45) is 5.14 Å². The predicted molar refractivity (Wildman–Crippen MR) is 118 cm³/mol. The maximum absolute atomic E-state index is 12.7. The van der Waals surface area contributed by atoms with E-state index >= 15 is 0 Å². The van der Waals surface area contributed by atoms with E-state index in [0.717, 1.165) is 30.4 Å². The van der Waals surface area contributed by atoms with E-state index < -0.39 is 10.0 Å². The minimum absolute atomic E-state index is 0.0368. The van der Waals surface area contributed by atoms with Gasteiger partial charge >= 0.3 is 0 Å². The van der Waals surface area contributed by atoms with Gasteiger partial charge in [0.1, 0.15) is 0 Å². The molecule has 1 unspecified atom stereocenters. The van der Waals surface area contributed by atoms with E-state index in [1.807, 2.05) is 48.5 Å². The number of benzene rings is 3. The Labute approximate surface area is 178 Å². The first kappa shape index (κ1) is 21.7. The van der Waals surface area contributed by atoms with E-state index in [0.29, 0.717) is 0 Å². The highest BCUT2D eigenvalue weighted by atomic mass is 32.2. The largest absolute Gasteiger partial charge is 0.349 e. The van der Waals surface area contributed by atoms with E-state index in [2.05, 4.69) is 17.4 Å². The van der Waals surface area contributed by atoms with Crippen molar-refractivity contribution in [3.05, 3.63) is 102 Å². The summed E-state index contributed by atoms with van der Waals surface area (Å²) < 4.78 is 22.7. The van der Waals surface area contributed by atoms with Gasteiger partial charge in [0.2, 0.25) is 15.9 Å². The van der Waals surface area contributed by atoms with Gasteiger partial charge in [-0.15, -0.1) is 0 Å². The highest BCUT2D eigenvalue weighted by Gasteiger charge is 2.15. The van der Waals surface area contributed by atoms with Gasteiger partial charge in [-0.05, 0) is 48.1 Å². The molecular weight excluding hydrogens is 396 g/mol. The molecule has 30 heavy (non-hydrogen) atoms. The van der Waals surface area contributed by atoms with Crippen molar-refractivity contribution in [3.8, 4) is 0 Å². The molecule has 3 N–H and O–H groups in total. The Kier molecular flexibility index (Phi) is 7.38. The molecule has 0 aromatic heterocycles. The maximum Gasteiger partial charge on any atom is 0.238 e. The summed E-state index contributed by atoms with van der Waals surface area (Å²) in [6.07, 6.45) is 2.91. The van der Waals surface area contributed by atoms with Gasteiger partial charge in [0, 0.05) is 0 Å². The van der Waals surface area contributed by atoms with Gasteiger partial charge in [-0.3, -0.25) is 4.79 Å². The van der Waals surface area contributed by atoms with E-state index in [4.69, 9.17) is 5.14 Å². The fourth-order valence-electron chi connectivity index (χ4n) is 3.39. The molecule has 0 fully saturated rings. The zero-order valence-electron chi connectivity index (χ0n) is 16.7. The summed E-state index contributed by atoms with van der Waals surface area (Å²) in [7, 11) is -3.74. The van der Waals surface area contributed by atoms with Crippen molar-refractivity contribution in [1.82, 2.24) is 5.32 Å². The highest BCUT2D eigenvalue weighted by Crippen LogP contribution is 2.20. The Balaban J connectivity index is 1.62. The molecule has 5 nitrogen and oxygen atoms in total. The standard InChI is InChI=1S/C24H26N2O3S/c25-30(28,29)22-16-14-20(15-17-22)18-24(27)26-23(21-11-5-2-6-12-21)13-7-10-19-8-3-1-4-9-19/h1-6,8-9,11-12,14-17,23H,7,10,13,18H2,(H,26,27)(H2,25,28,29). The number of hydrogen-bond acceptors (Lipinski definition) is 3. The Hall–Kier alpha value is -2.96. The normalized spacial score (nSPS) is 12.3. The van der Waals surface area contributed by atoms with Gasteiger partial charge in [-0.2, -0.15) is 0 Å². The average molecular weight is 423 g/mol. The van der Waals surface area contributed by atoms with Gasteiger partial charge in [0.05, 0.1) is 17.4 Å². The number of nitrogens with two attached hydrogens (primary N) is 1. The van der Waals surface area contributed by atoms with Crippen LogP contribution in [-0.4, -0.2) is 14.3 Å². The van der Waals surface area contributed by atoms with E-state index in [1.165, 1.54) is 17.7 Å². The lowest BCUT2D eigenvalue weighted by Crippen LogP contribution is -2.30. The van der Waals surface area contributed by atoms with E-state index in [-0.39, 0.29) is 23.3 Å². The monoisotopic (exact) mass is 422 g/mol. The summed E-state index contributed by atoms with van der Waals surface area (Å²) >= 11 is 0.